The van der Waals surface area contributed by atoms with Gasteiger partial charge >= 0.3 is 11.1 Å². The minimum atomic E-state index is -0.157. The predicted octanol–water partition coefficient (Wildman–Crippen LogP) is 2.09. The van der Waals surface area contributed by atoms with Crippen molar-refractivity contribution in [2.75, 3.05) is 24.6 Å². The molecule has 0 spiro atoms. The highest BCUT2D eigenvalue weighted by Crippen LogP contribution is 2.28. The molecule has 0 atom stereocenters. The Labute approximate surface area is 122 Å². The number of benzene rings is 1. The Morgan fingerprint density at radius 1 is 1.40 bits per heavy atom. The molecule has 0 aliphatic carbocycles. The lowest BCUT2D eigenvalue weighted by atomic mass is 10.2. The largest absolute Gasteiger partial charge is 0.463 e. The van der Waals surface area contributed by atoms with Gasteiger partial charge in [0, 0.05) is 10.9 Å². The Morgan fingerprint density at radius 2 is 2.20 bits per heavy atom. The summed E-state index contributed by atoms with van der Waals surface area (Å²) in [6, 6.07) is 10.3. The normalized spacial score (nSPS) is 13.3. The summed E-state index contributed by atoms with van der Waals surface area (Å²) < 4.78 is 7.30. The van der Waals surface area contributed by atoms with Gasteiger partial charge < -0.3 is 4.74 Å². The molecule has 1 aliphatic heterocycles. The zero-order valence-corrected chi connectivity index (χ0v) is 12.2. The van der Waals surface area contributed by atoms with Crippen molar-refractivity contribution in [3.05, 3.63) is 35.7 Å². The smallest absolute Gasteiger partial charge is 0.348 e. The molecule has 1 aromatic carbocycles. The second-order valence-corrected chi connectivity index (χ2v) is 5.48. The predicted molar refractivity (Wildman–Crippen MR) is 78.8 cm³/mol. The van der Waals surface area contributed by atoms with Crippen LogP contribution in [0, 0.1) is 0 Å². The molecule has 4 nitrogen and oxygen atoms in total. The van der Waals surface area contributed by atoms with E-state index in [9.17, 15) is 4.79 Å². The number of nitrogens with zero attached hydrogens (tertiary/aromatic N) is 2. The Balaban J connectivity index is 1.83. The molecular formula is C15H17N2O2S+. The molecule has 0 saturated heterocycles. The average Bonchev–Trinajstić information content (AvgIpc) is 3.03. The molecule has 0 amide bonds. The van der Waals surface area contributed by atoms with Crippen LogP contribution in [0.3, 0.4) is 0 Å². The van der Waals surface area contributed by atoms with Crippen LogP contribution in [-0.4, -0.2) is 25.7 Å². The first kappa shape index (κ1) is 13.1. The van der Waals surface area contributed by atoms with E-state index in [1.54, 1.807) is 11.3 Å². The highest BCUT2D eigenvalue weighted by Gasteiger charge is 2.34. The van der Waals surface area contributed by atoms with E-state index < -0.39 is 0 Å². The number of esters is 1. The van der Waals surface area contributed by atoms with Crippen molar-refractivity contribution in [3.8, 4) is 11.3 Å². The first-order valence-corrected chi connectivity index (χ1v) is 7.65. The van der Waals surface area contributed by atoms with Gasteiger partial charge in [-0.15, -0.1) is 0 Å². The Hall–Kier alpha value is -1.88. The minimum Gasteiger partial charge on any atom is -0.463 e. The molecule has 1 aliphatic rings. The number of ether oxygens (including phenoxy) is 1. The van der Waals surface area contributed by atoms with Gasteiger partial charge in [0.1, 0.15) is 18.8 Å². The third-order valence-electron chi connectivity index (χ3n) is 3.36. The number of fused-ring (bicyclic) bond motifs is 1. The van der Waals surface area contributed by atoms with Crippen LogP contribution >= 0.6 is 11.3 Å². The molecule has 2 aromatic rings. The van der Waals surface area contributed by atoms with Crippen LogP contribution in [0.4, 0.5) is 5.13 Å². The molecule has 0 fully saturated rings. The lowest BCUT2D eigenvalue weighted by Crippen LogP contribution is -2.31. The molecule has 0 radical (unpaired) electrons. The summed E-state index contributed by atoms with van der Waals surface area (Å²) in [6.07, 6.45) is 0. The van der Waals surface area contributed by atoms with Gasteiger partial charge in [0.25, 0.3) is 0 Å². The molecule has 3 rings (SSSR count). The second-order valence-electron chi connectivity index (χ2n) is 4.65. The number of aromatic nitrogens is 1. The highest BCUT2D eigenvalue weighted by molar-refractivity contribution is 7.13. The molecular weight excluding hydrogens is 272 g/mol. The van der Waals surface area contributed by atoms with E-state index >= 15 is 0 Å². The van der Waals surface area contributed by atoms with E-state index in [4.69, 9.17) is 4.74 Å². The third kappa shape index (κ3) is 2.41. The SMILES string of the molecule is CCOC(=O)CN1CC[n+]2c(-c3ccccc3)csc21. The lowest BCUT2D eigenvalue weighted by molar-refractivity contribution is -0.656. The molecule has 2 heterocycles. The van der Waals surface area contributed by atoms with Crippen LogP contribution in [0.2, 0.25) is 0 Å². The lowest BCUT2D eigenvalue weighted by Gasteiger charge is -2.06. The van der Waals surface area contributed by atoms with Crippen LogP contribution in [-0.2, 0) is 16.1 Å². The minimum absolute atomic E-state index is 0.157. The van der Waals surface area contributed by atoms with Gasteiger partial charge in [-0.3, -0.25) is 0 Å². The maximum Gasteiger partial charge on any atom is 0.348 e. The molecule has 0 N–H and O–H groups in total. The van der Waals surface area contributed by atoms with E-state index in [2.05, 4.69) is 27.0 Å². The number of carbonyl (C=O) groups is 1. The van der Waals surface area contributed by atoms with Gasteiger partial charge in [0.15, 0.2) is 6.54 Å². The quantitative estimate of drug-likeness (QED) is 0.638. The van der Waals surface area contributed by atoms with Crippen molar-refractivity contribution in [1.82, 2.24) is 0 Å². The van der Waals surface area contributed by atoms with Crippen LogP contribution in [0.15, 0.2) is 35.7 Å². The van der Waals surface area contributed by atoms with Crippen LogP contribution in [0.1, 0.15) is 6.92 Å². The van der Waals surface area contributed by atoms with Crippen LogP contribution < -0.4 is 9.47 Å². The number of thiazole rings is 1. The molecule has 0 saturated carbocycles. The number of anilines is 1. The highest BCUT2D eigenvalue weighted by atomic mass is 32.1. The Morgan fingerprint density at radius 3 is 2.95 bits per heavy atom. The zero-order valence-electron chi connectivity index (χ0n) is 11.4. The molecule has 20 heavy (non-hydrogen) atoms. The van der Waals surface area contributed by atoms with E-state index in [1.807, 2.05) is 25.1 Å². The van der Waals surface area contributed by atoms with Gasteiger partial charge in [0.2, 0.25) is 0 Å². The second kappa shape index (κ2) is 5.63. The van der Waals surface area contributed by atoms with Gasteiger partial charge in [0.05, 0.1) is 6.61 Å². The molecule has 5 heteroatoms. The van der Waals surface area contributed by atoms with Crippen LogP contribution in [0.5, 0.6) is 0 Å². The van der Waals surface area contributed by atoms with Gasteiger partial charge in [-0.1, -0.05) is 41.7 Å². The van der Waals surface area contributed by atoms with Gasteiger partial charge in [-0.05, 0) is 6.92 Å². The van der Waals surface area contributed by atoms with Crippen molar-refractivity contribution in [1.29, 1.82) is 0 Å². The first-order chi connectivity index (χ1) is 9.79. The van der Waals surface area contributed by atoms with Crippen molar-refractivity contribution >= 4 is 22.4 Å². The Kier molecular flexibility index (Phi) is 3.69. The van der Waals surface area contributed by atoms with Crippen molar-refractivity contribution in [2.24, 2.45) is 0 Å². The van der Waals surface area contributed by atoms with E-state index in [0.717, 1.165) is 18.2 Å². The number of hydrogen-bond donors (Lipinski definition) is 0. The fourth-order valence-corrected chi connectivity index (χ4v) is 3.56. The number of rotatable bonds is 4. The molecule has 0 bridgehead atoms. The summed E-state index contributed by atoms with van der Waals surface area (Å²) in [6.45, 7) is 4.39. The van der Waals surface area contributed by atoms with Crippen LogP contribution in [0.25, 0.3) is 11.3 Å². The average molecular weight is 289 g/mol. The van der Waals surface area contributed by atoms with E-state index in [1.165, 1.54) is 11.3 Å². The van der Waals surface area contributed by atoms with Crippen molar-refractivity contribution in [2.45, 2.75) is 13.5 Å². The van der Waals surface area contributed by atoms with Gasteiger partial charge in [-0.25, -0.2) is 14.3 Å². The molecule has 104 valence electrons. The molecule has 0 unspecified atom stereocenters. The van der Waals surface area contributed by atoms with E-state index in [-0.39, 0.29) is 5.97 Å². The Bertz CT molecular complexity index is 610. The summed E-state index contributed by atoms with van der Waals surface area (Å²) in [4.78, 5) is 13.7. The van der Waals surface area contributed by atoms with Gasteiger partial charge in [-0.2, -0.15) is 0 Å². The number of carbonyl (C=O) groups excluding carboxylic acids is 1. The topological polar surface area (TPSA) is 33.4 Å². The number of hydrogen-bond acceptors (Lipinski definition) is 4. The molecule has 1 aromatic heterocycles. The van der Waals surface area contributed by atoms with E-state index in [0.29, 0.717) is 13.2 Å². The fourth-order valence-electron chi connectivity index (χ4n) is 2.46. The summed E-state index contributed by atoms with van der Waals surface area (Å²) in [5, 5.41) is 3.29. The first-order valence-electron chi connectivity index (χ1n) is 6.77. The maximum atomic E-state index is 11.6. The van der Waals surface area contributed by atoms with Crippen molar-refractivity contribution < 1.29 is 14.1 Å². The zero-order chi connectivity index (χ0) is 13.9. The standard InChI is InChI=1S/C15H17N2O2S/c1-2-19-14(18)10-16-8-9-17-13(11-20-15(16)17)12-6-4-3-5-7-12/h3-7,11H,2,8-10H2,1H3/q+1. The summed E-state index contributed by atoms with van der Waals surface area (Å²) in [5.41, 5.74) is 2.44. The third-order valence-corrected chi connectivity index (χ3v) is 4.39. The fraction of sp³-hybridized carbons (Fsp3) is 0.333. The summed E-state index contributed by atoms with van der Waals surface area (Å²) in [7, 11) is 0. The summed E-state index contributed by atoms with van der Waals surface area (Å²) in [5.74, 6) is -0.157. The summed E-state index contributed by atoms with van der Waals surface area (Å²) >= 11 is 1.68. The van der Waals surface area contributed by atoms with Crippen molar-refractivity contribution in [3.63, 3.8) is 0 Å². The maximum absolute atomic E-state index is 11.6. The monoisotopic (exact) mass is 289 g/mol.